The van der Waals surface area contributed by atoms with E-state index in [1.54, 1.807) is 18.2 Å². The van der Waals surface area contributed by atoms with Crippen LogP contribution in [0.4, 0.5) is 11.0 Å². The summed E-state index contributed by atoms with van der Waals surface area (Å²) < 4.78 is 63.9. The molecule has 4 heterocycles. The van der Waals surface area contributed by atoms with Crippen LogP contribution in [-0.2, 0) is 44.2 Å². The lowest BCUT2D eigenvalue weighted by Gasteiger charge is -2.28. The molecular formula is C36H51ClN4O9S3. The van der Waals surface area contributed by atoms with Gasteiger partial charge in [0.2, 0.25) is 17.7 Å². The lowest BCUT2D eigenvalue weighted by atomic mass is 9.92. The highest BCUT2D eigenvalue weighted by Gasteiger charge is 2.44. The zero-order valence-electron chi connectivity index (χ0n) is 31.4. The van der Waals surface area contributed by atoms with Gasteiger partial charge >= 0.3 is 0 Å². The summed E-state index contributed by atoms with van der Waals surface area (Å²) in [5.41, 5.74) is 2.02. The molecule has 2 N–H and O–H groups in total. The second-order valence-electron chi connectivity index (χ2n) is 15.5. The van der Waals surface area contributed by atoms with Crippen LogP contribution in [0.1, 0.15) is 79.8 Å². The minimum absolute atomic E-state index is 0.00925. The highest BCUT2D eigenvalue weighted by Crippen LogP contribution is 2.30. The summed E-state index contributed by atoms with van der Waals surface area (Å²) in [7, 11) is -7.26. The third-order valence-corrected chi connectivity index (χ3v) is 15.9. The third kappa shape index (κ3) is 11.1. The van der Waals surface area contributed by atoms with Crippen molar-refractivity contribution >= 4 is 65.4 Å². The zero-order chi connectivity index (χ0) is 39.2. The fourth-order valence-electron chi connectivity index (χ4n) is 5.43. The van der Waals surface area contributed by atoms with Gasteiger partial charge < -0.3 is 19.3 Å². The molecule has 3 aromatic rings. The number of carbonyl (C=O) groups excluding carboxylic acids is 2. The minimum Gasteiger partial charge on any atom is -0.381 e. The number of nitrogens with zero attached hydrogens (tertiary/aromatic N) is 2. The molecule has 2 amide bonds. The fraction of sp³-hybridized carbons (Fsp3) is 0.611. The maximum atomic E-state index is 12.9. The van der Waals surface area contributed by atoms with Crippen LogP contribution in [0.5, 0.6) is 0 Å². The SMILES string of the molecule is CC(C)(C(=O)Nc1nc(-c2ccc(Cl)cc2)cs1)S(=O)(=O)CC1CCOCC1.CC(C)(C)c1cc(NC(=O)C(C)(C)S(=O)(=O)CC2CCOCC2)on1. The van der Waals surface area contributed by atoms with Gasteiger partial charge in [-0.15, -0.1) is 11.3 Å². The number of hydrogen-bond acceptors (Lipinski definition) is 12. The zero-order valence-corrected chi connectivity index (χ0v) is 34.6. The number of halogens is 1. The van der Waals surface area contributed by atoms with Gasteiger partial charge in [-0.3, -0.25) is 14.9 Å². The lowest BCUT2D eigenvalue weighted by Crippen LogP contribution is -2.47. The number of rotatable bonds is 11. The van der Waals surface area contributed by atoms with Gasteiger partial charge in [-0.05, 0) is 77.3 Å². The molecule has 2 aromatic heterocycles. The van der Waals surface area contributed by atoms with E-state index in [0.29, 0.717) is 73.7 Å². The molecule has 13 nitrogen and oxygen atoms in total. The van der Waals surface area contributed by atoms with E-state index in [0.717, 1.165) is 5.56 Å². The maximum Gasteiger partial charge on any atom is 0.247 e. The smallest absolute Gasteiger partial charge is 0.247 e. The first-order chi connectivity index (χ1) is 24.6. The molecular weight excluding hydrogens is 764 g/mol. The van der Waals surface area contributed by atoms with E-state index < -0.39 is 41.0 Å². The van der Waals surface area contributed by atoms with Crippen molar-refractivity contribution in [3.8, 4) is 11.3 Å². The predicted molar refractivity (Wildman–Crippen MR) is 208 cm³/mol. The number of thiazole rings is 1. The molecule has 0 aliphatic carbocycles. The third-order valence-electron chi connectivity index (χ3n) is 9.62. The summed E-state index contributed by atoms with van der Waals surface area (Å²) in [6.07, 6.45) is 2.81. The highest BCUT2D eigenvalue weighted by atomic mass is 35.5. The molecule has 53 heavy (non-hydrogen) atoms. The van der Waals surface area contributed by atoms with Crippen LogP contribution < -0.4 is 10.6 Å². The normalized spacial score (nSPS) is 16.8. The molecule has 5 rings (SSSR count). The van der Waals surface area contributed by atoms with Crippen LogP contribution in [0.3, 0.4) is 0 Å². The summed E-state index contributed by atoms with van der Waals surface area (Å²) in [5.74, 6) is -0.992. The Morgan fingerprint density at radius 3 is 1.72 bits per heavy atom. The quantitative estimate of drug-likeness (QED) is 0.214. The molecule has 0 spiro atoms. The van der Waals surface area contributed by atoms with E-state index in [-0.39, 0.29) is 34.6 Å². The topological polar surface area (TPSA) is 184 Å². The summed E-state index contributed by atoms with van der Waals surface area (Å²) in [4.78, 5) is 29.7. The minimum atomic E-state index is -3.63. The van der Waals surface area contributed by atoms with Gasteiger partial charge in [0.1, 0.15) is 9.49 Å². The number of anilines is 2. The largest absolute Gasteiger partial charge is 0.381 e. The summed E-state index contributed by atoms with van der Waals surface area (Å²) >= 11 is 7.15. The van der Waals surface area contributed by atoms with E-state index in [1.165, 1.54) is 39.0 Å². The monoisotopic (exact) mass is 814 g/mol. The fourth-order valence-corrected chi connectivity index (χ4v) is 9.68. The van der Waals surface area contributed by atoms with Crippen LogP contribution >= 0.6 is 22.9 Å². The molecule has 294 valence electrons. The van der Waals surface area contributed by atoms with Crippen molar-refractivity contribution in [2.75, 3.05) is 48.6 Å². The summed E-state index contributed by atoms with van der Waals surface area (Å²) in [5, 5.41) is 11.9. The predicted octanol–water partition coefficient (Wildman–Crippen LogP) is 6.55. The maximum absolute atomic E-state index is 12.9. The second-order valence-corrected chi connectivity index (χ2v) is 21.9. The van der Waals surface area contributed by atoms with Crippen molar-refractivity contribution in [1.82, 2.24) is 10.1 Å². The number of nitrogens with one attached hydrogen (secondary N) is 2. The van der Waals surface area contributed by atoms with Crippen molar-refractivity contribution in [3.63, 3.8) is 0 Å². The van der Waals surface area contributed by atoms with Crippen molar-refractivity contribution in [2.24, 2.45) is 11.8 Å². The average molecular weight is 815 g/mol. The summed E-state index contributed by atoms with van der Waals surface area (Å²) in [6.45, 7) is 13.9. The van der Waals surface area contributed by atoms with Gasteiger partial charge in [0.15, 0.2) is 24.8 Å². The molecule has 0 saturated carbocycles. The first-order valence-corrected chi connectivity index (χ1v) is 22.1. The number of sulfone groups is 2. The van der Waals surface area contributed by atoms with Crippen molar-refractivity contribution in [2.45, 2.75) is 89.1 Å². The number of aromatic nitrogens is 2. The Hall–Kier alpha value is -2.89. The second kappa shape index (κ2) is 17.3. The van der Waals surface area contributed by atoms with Crippen LogP contribution in [0.15, 0.2) is 40.2 Å². The molecule has 0 bridgehead atoms. The molecule has 2 saturated heterocycles. The Morgan fingerprint density at radius 1 is 0.792 bits per heavy atom. The van der Waals surface area contributed by atoms with Gasteiger partial charge in [0.25, 0.3) is 0 Å². The van der Waals surface area contributed by atoms with Gasteiger partial charge in [0, 0.05) is 53.9 Å². The first kappa shape index (κ1) is 42.8. The van der Waals surface area contributed by atoms with E-state index >= 15 is 0 Å². The van der Waals surface area contributed by atoms with Crippen LogP contribution in [0.25, 0.3) is 11.3 Å². The molecule has 0 radical (unpaired) electrons. The standard InChI is InChI=1S/C19H23ClN2O4S2.C17H28N2O5S/c1-19(2,28(24,25)12-13-7-9-26-10-8-13)17(23)22-18-21-16(11-27-18)14-3-5-15(20)6-4-14;1-16(2,3)13-10-14(24-19-13)18-15(20)17(4,5)25(21,22)11-12-6-8-23-9-7-12/h3-6,11,13H,7-10,12H2,1-2H3,(H,21,22,23);10,12H,6-9,11H2,1-5H3,(H,18,20). The number of ether oxygens (including phenoxy) is 2. The average Bonchev–Trinajstić information content (AvgIpc) is 3.76. The van der Waals surface area contributed by atoms with E-state index in [1.807, 2.05) is 38.3 Å². The van der Waals surface area contributed by atoms with Gasteiger partial charge in [-0.1, -0.05) is 49.7 Å². The number of hydrogen-bond donors (Lipinski definition) is 2. The number of carbonyl (C=O) groups is 2. The van der Waals surface area contributed by atoms with Crippen LogP contribution in [-0.4, -0.2) is 86.2 Å². The van der Waals surface area contributed by atoms with Crippen LogP contribution in [0, 0.1) is 11.8 Å². The Bertz CT molecular complexity index is 1920. The molecule has 17 heteroatoms. The number of amides is 2. The lowest BCUT2D eigenvalue weighted by molar-refractivity contribution is -0.118. The van der Waals surface area contributed by atoms with Crippen molar-refractivity contribution in [1.29, 1.82) is 0 Å². The molecule has 2 aliphatic rings. The highest BCUT2D eigenvalue weighted by molar-refractivity contribution is 7.93. The van der Waals surface area contributed by atoms with E-state index in [2.05, 4.69) is 20.8 Å². The summed E-state index contributed by atoms with van der Waals surface area (Å²) in [6, 6.07) is 8.83. The van der Waals surface area contributed by atoms with Gasteiger partial charge in [0.05, 0.1) is 22.9 Å². The van der Waals surface area contributed by atoms with Gasteiger partial charge in [-0.2, -0.15) is 0 Å². The number of benzene rings is 1. The van der Waals surface area contributed by atoms with Crippen LogP contribution in [0.2, 0.25) is 5.02 Å². The Balaban J connectivity index is 0.000000238. The molecule has 2 fully saturated rings. The molecule has 1 aromatic carbocycles. The molecule has 0 atom stereocenters. The van der Waals surface area contributed by atoms with E-state index in [9.17, 15) is 26.4 Å². The van der Waals surface area contributed by atoms with Crippen molar-refractivity contribution < 1.29 is 40.4 Å². The Morgan fingerprint density at radius 2 is 1.26 bits per heavy atom. The Labute approximate surface area is 321 Å². The first-order valence-electron chi connectivity index (χ1n) is 17.5. The van der Waals surface area contributed by atoms with Gasteiger partial charge in [-0.25, -0.2) is 21.8 Å². The molecule has 2 aliphatic heterocycles. The van der Waals surface area contributed by atoms with Crippen molar-refractivity contribution in [3.05, 3.63) is 46.4 Å². The Kier molecular flexibility index (Phi) is 14.0. The van der Waals surface area contributed by atoms with E-state index in [4.69, 9.17) is 25.6 Å². The molecule has 0 unspecified atom stereocenters.